The Morgan fingerprint density at radius 3 is 2.88 bits per heavy atom. The van der Waals surface area contributed by atoms with Crippen molar-refractivity contribution in [1.82, 2.24) is 5.32 Å². The van der Waals surface area contributed by atoms with Gasteiger partial charge in [-0.05, 0) is 17.2 Å². The van der Waals surface area contributed by atoms with E-state index in [1.165, 1.54) is 0 Å². The highest BCUT2D eigenvalue weighted by Gasteiger charge is 2.26. The topological polar surface area (TPSA) is 58.6 Å². The van der Waals surface area contributed by atoms with Crippen molar-refractivity contribution in [1.29, 1.82) is 0 Å². The van der Waals surface area contributed by atoms with Crippen LogP contribution in [0.4, 0.5) is 0 Å². The van der Waals surface area contributed by atoms with Gasteiger partial charge in [0.1, 0.15) is 11.8 Å². The molecule has 94 valence electrons. The maximum absolute atomic E-state index is 10.9. The standard InChI is InChI=1S/C11H12ClNO3.ClH/c1-16-9-3-2-6-5-13-8(11(14)15)4-7(6)10(9)12;/h2-3,8,13H,4-5H2,1H3,(H,14,15);1H. The van der Waals surface area contributed by atoms with E-state index in [2.05, 4.69) is 5.32 Å². The summed E-state index contributed by atoms with van der Waals surface area (Å²) >= 11 is 6.15. The molecule has 0 saturated heterocycles. The minimum absolute atomic E-state index is 0. The summed E-state index contributed by atoms with van der Waals surface area (Å²) in [6, 6.07) is 3.13. The Labute approximate surface area is 110 Å². The van der Waals surface area contributed by atoms with E-state index in [-0.39, 0.29) is 12.4 Å². The van der Waals surface area contributed by atoms with E-state index in [0.717, 1.165) is 11.1 Å². The molecule has 0 bridgehead atoms. The molecule has 1 aliphatic rings. The fourth-order valence-electron chi connectivity index (χ4n) is 1.87. The molecule has 0 amide bonds. The second-order valence-corrected chi connectivity index (χ2v) is 4.07. The van der Waals surface area contributed by atoms with Crippen molar-refractivity contribution in [3.05, 3.63) is 28.3 Å². The SMILES string of the molecule is COc1ccc2c(c1Cl)CC(C(=O)O)NC2.Cl. The van der Waals surface area contributed by atoms with E-state index in [1.807, 2.05) is 6.07 Å². The van der Waals surface area contributed by atoms with Crippen LogP contribution in [0.2, 0.25) is 5.02 Å². The van der Waals surface area contributed by atoms with Gasteiger partial charge in [0.05, 0.1) is 12.1 Å². The van der Waals surface area contributed by atoms with Gasteiger partial charge in [-0.3, -0.25) is 4.79 Å². The van der Waals surface area contributed by atoms with Gasteiger partial charge >= 0.3 is 5.97 Å². The van der Waals surface area contributed by atoms with Gasteiger partial charge in [-0.15, -0.1) is 12.4 Å². The Bertz CT molecular complexity index is 437. The van der Waals surface area contributed by atoms with E-state index in [1.54, 1.807) is 13.2 Å². The number of benzene rings is 1. The fourth-order valence-corrected chi connectivity index (χ4v) is 2.21. The molecule has 1 aliphatic heterocycles. The predicted octanol–water partition coefficient (Wildman–Crippen LogP) is 1.87. The zero-order valence-electron chi connectivity index (χ0n) is 9.20. The van der Waals surface area contributed by atoms with E-state index in [0.29, 0.717) is 23.7 Å². The van der Waals surface area contributed by atoms with Crippen LogP contribution in [-0.2, 0) is 17.8 Å². The summed E-state index contributed by atoms with van der Waals surface area (Å²) in [6.07, 6.45) is 0.390. The number of hydrogen-bond donors (Lipinski definition) is 2. The van der Waals surface area contributed by atoms with E-state index in [4.69, 9.17) is 21.4 Å². The Hall–Kier alpha value is -0.970. The molecule has 2 N–H and O–H groups in total. The van der Waals surface area contributed by atoms with Crippen LogP contribution in [0.5, 0.6) is 5.75 Å². The molecule has 1 aromatic rings. The third kappa shape index (κ3) is 2.65. The molecule has 0 aromatic heterocycles. The molecule has 1 aromatic carbocycles. The van der Waals surface area contributed by atoms with Gasteiger partial charge in [0.25, 0.3) is 0 Å². The summed E-state index contributed by atoms with van der Waals surface area (Å²) < 4.78 is 5.11. The molecule has 1 atom stereocenters. The van der Waals surface area contributed by atoms with Gasteiger partial charge in [-0.1, -0.05) is 17.7 Å². The summed E-state index contributed by atoms with van der Waals surface area (Å²) in [4.78, 5) is 10.9. The summed E-state index contributed by atoms with van der Waals surface area (Å²) in [5.74, 6) is -0.268. The fraction of sp³-hybridized carbons (Fsp3) is 0.364. The molecule has 0 radical (unpaired) electrons. The van der Waals surface area contributed by atoms with E-state index >= 15 is 0 Å². The number of rotatable bonds is 2. The summed E-state index contributed by atoms with van der Waals surface area (Å²) in [5, 5.41) is 12.4. The largest absolute Gasteiger partial charge is 0.495 e. The molecule has 0 spiro atoms. The smallest absolute Gasteiger partial charge is 0.321 e. The van der Waals surface area contributed by atoms with E-state index < -0.39 is 12.0 Å². The second kappa shape index (κ2) is 5.58. The van der Waals surface area contributed by atoms with Crippen LogP contribution in [0.15, 0.2) is 12.1 Å². The van der Waals surface area contributed by atoms with Crippen LogP contribution >= 0.6 is 24.0 Å². The lowest BCUT2D eigenvalue weighted by molar-refractivity contribution is -0.139. The molecular weight excluding hydrogens is 265 g/mol. The number of carbonyl (C=O) groups is 1. The number of fused-ring (bicyclic) bond motifs is 1. The molecule has 1 heterocycles. The van der Waals surface area contributed by atoms with Crippen molar-refractivity contribution in [3.63, 3.8) is 0 Å². The Kier molecular flexibility index (Phi) is 4.62. The number of ether oxygens (including phenoxy) is 1. The number of hydrogen-bond acceptors (Lipinski definition) is 3. The molecule has 1 unspecified atom stereocenters. The third-order valence-corrected chi connectivity index (χ3v) is 3.18. The van der Waals surface area contributed by atoms with E-state index in [9.17, 15) is 4.79 Å². The van der Waals surface area contributed by atoms with Gasteiger partial charge < -0.3 is 15.2 Å². The molecular formula is C11H13Cl2NO3. The highest BCUT2D eigenvalue weighted by Crippen LogP contribution is 2.33. The predicted molar refractivity (Wildman–Crippen MR) is 67.2 cm³/mol. The lowest BCUT2D eigenvalue weighted by Crippen LogP contribution is -2.41. The summed E-state index contributed by atoms with van der Waals surface area (Å²) in [6.45, 7) is 0.524. The average Bonchev–Trinajstić information content (AvgIpc) is 2.29. The maximum Gasteiger partial charge on any atom is 0.321 e. The molecule has 2 rings (SSSR count). The van der Waals surface area contributed by atoms with Crippen molar-refractivity contribution >= 4 is 30.0 Å². The highest BCUT2D eigenvalue weighted by atomic mass is 35.5. The lowest BCUT2D eigenvalue weighted by Gasteiger charge is -2.24. The molecule has 0 aliphatic carbocycles. The zero-order valence-corrected chi connectivity index (χ0v) is 10.8. The normalized spacial score (nSPS) is 17.9. The average molecular weight is 278 g/mol. The van der Waals surface area contributed by atoms with Crippen molar-refractivity contribution in [2.24, 2.45) is 0 Å². The van der Waals surface area contributed by atoms with Crippen LogP contribution in [0, 0.1) is 0 Å². The minimum Gasteiger partial charge on any atom is -0.495 e. The molecule has 17 heavy (non-hydrogen) atoms. The van der Waals surface area contributed by atoms with Crippen molar-refractivity contribution in [2.45, 2.75) is 19.0 Å². The van der Waals surface area contributed by atoms with Gasteiger partial charge in [0, 0.05) is 13.0 Å². The first kappa shape index (κ1) is 14.1. The molecule has 0 fully saturated rings. The number of carboxylic acids is 1. The van der Waals surface area contributed by atoms with Gasteiger partial charge in [0.2, 0.25) is 0 Å². The number of aliphatic carboxylic acids is 1. The van der Waals surface area contributed by atoms with Crippen molar-refractivity contribution in [3.8, 4) is 5.75 Å². The Morgan fingerprint density at radius 1 is 1.59 bits per heavy atom. The monoisotopic (exact) mass is 277 g/mol. The number of halogens is 2. The number of methoxy groups -OCH3 is 1. The third-order valence-electron chi connectivity index (χ3n) is 2.77. The number of carboxylic acid groups (broad SMARTS) is 1. The van der Waals surface area contributed by atoms with Gasteiger partial charge in [0.15, 0.2) is 0 Å². The summed E-state index contributed by atoms with van der Waals surface area (Å²) in [7, 11) is 1.55. The first-order valence-corrected chi connectivity index (χ1v) is 5.31. The van der Waals surface area contributed by atoms with Crippen LogP contribution in [-0.4, -0.2) is 24.2 Å². The highest BCUT2D eigenvalue weighted by molar-refractivity contribution is 6.33. The lowest BCUT2D eigenvalue weighted by atomic mass is 9.95. The van der Waals surface area contributed by atoms with Crippen molar-refractivity contribution < 1.29 is 14.6 Å². The van der Waals surface area contributed by atoms with Crippen LogP contribution in [0.25, 0.3) is 0 Å². The van der Waals surface area contributed by atoms with Gasteiger partial charge in [-0.2, -0.15) is 0 Å². The molecule has 4 nitrogen and oxygen atoms in total. The van der Waals surface area contributed by atoms with Crippen molar-refractivity contribution in [2.75, 3.05) is 7.11 Å². The van der Waals surface area contributed by atoms with Crippen LogP contribution in [0.3, 0.4) is 0 Å². The zero-order chi connectivity index (χ0) is 11.7. The maximum atomic E-state index is 10.9. The number of nitrogens with one attached hydrogen (secondary N) is 1. The quantitative estimate of drug-likeness (QED) is 0.867. The molecule has 6 heteroatoms. The first-order valence-electron chi connectivity index (χ1n) is 4.94. The van der Waals surface area contributed by atoms with Crippen LogP contribution in [0.1, 0.15) is 11.1 Å². The Balaban J connectivity index is 0.00000144. The second-order valence-electron chi connectivity index (χ2n) is 3.70. The minimum atomic E-state index is -0.857. The first-order chi connectivity index (χ1) is 7.63. The Morgan fingerprint density at radius 2 is 2.29 bits per heavy atom. The van der Waals surface area contributed by atoms with Crippen LogP contribution < -0.4 is 10.1 Å². The summed E-state index contributed by atoms with van der Waals surface area (Å²) in [5.41, 5.74) is 1.90. The van der Waals surface area contributed by atoms with Gasteiger partial charge in [-0.25, -0.2) is 0 Å². The molecule has 0 saturated carbocycles.